The maximum atomic E-state index is 12.0. The molecule has 0 N–H and O–H groups in total. The molecule has 1 heterocycles. The minimum Gasteiger partial charge on any atom is -0.311 e. The molecular weight excluding hydrogens is 262 g/mol. The molecule has 0 spiro atoms. The van der Waals surface area contributed by atoms with Crippen LogP contribution in [0.1, 0.15) is 21.5 Å². The zero-order chi connectivity index (χ0) is 14.2. The largest absolute Gasteiger partial charge is 0.311 e. The van der Waals surface area contributed by atoms with E-state index in [0.717, 1.165) is 16.8 Å². The van der Waals surface area contributed by atoms with Crippen molar-refractivity contribution in [1.29, 1.82) is 0 Å². The highest BCUT2D eigenvalue weighted by atomic mass is 35.5. The Morgan fingerprint density at radius 1 is 1.16 bits per heavy atom. The number of halogens is 1. The molecule has 3 nitrogen and oxygen atoms in total. The van der Waals surface area contributed by atoms with Crippen LogP contribution in [0.3, 0.4) is 0 Å². The molecule has 0 bridgehead atoms. The quantitative estimate of drug-likeness (QED) is 0.790. The second-order valence-corrected chi connectivity index (χ2v) is 4.93. The summed E-state index contributed by atoms with van der Waals surface area (Å²) in [4.78, 5) is 23.2. The number of nitrogens with zero attached hydrogens (tertiary/aromatic N) is 1. The second kappa shape index (κ2) is 5.02. The summed E-state index contributed by atoms with van der Waals surface area (Å²) in [7, 11) is 1.64. The van der Waals surface area contributed by atoms with Crippen molar-refractivity contribution >= 4 is 16.8 Å². The van der Waals surface area contributed by atoms with Crippen LogP contribution in [0.5, 0.6) is 0 Å². The van der Waals surface area contributed by atoms with Gasteiger partial charge in [-0.15, -0.1) is 0 Å². The van der Waals surface area contributed by atoms with Gasteiger partial charge >= 0.3 is 0 Å². The van der Waals surface area contributed by atoms with Crippen molar-refractivity contribution < 1.29 is 4.79 Å². The van der Waals surface area contributed by atoms with E-state index in [9.17, 15) is 9.59 Å². The third-order valence-electron chi connectivity index (χ3n) is 3.17. The smallest absolute Gasteiger partial charge is 0.262 e. The van der Waals surface area contributed by atoms with Gasteiger partial charge in [0.25, 0.3) is 10.8 Å². The summed E-state index contributed by atoms with van der Waals surface area (Å²) < 4.78 is 1.45. The van der Waals surface area contributed by atoms with Gasteiger partial charge in [-0.1, -0.05) is 23.8 Å². The summed E-state index contributed by atoms with van der Waals surface area (Å²) in [5.41, 5.74) is 3.61. The van der Waals surface area contributed by atoms with Crippen LogP contribution in [0.25, 0.3) is 11.3 Å². The molecule has 0 atom stereocenters. The molecule has 0 radical (unpaired) electrons. The fourth-order valence-corrected chi connectivity index (χ4v) is 2.30. The van der Waals surface area contributed by atoms with Crippen molar-refractivity contribution in [3.05, 3.63) is 57.4 Å². The normalized spacial score (nSPS) is 10.5. The highest BCUT2D eigenvalue weighted by Gasteiger charge is 2.13. The monoisotopic (exact) mass is 275 g/mol. The lowest BCUT2D eigenvalue weighted by Gasteiger charge is -2.12. The predicted octanol–water partition coefficient (Wildman–Crippen LogP) is 3.05. The van der Waals surface area contributed by atoms with Gasteiger partial charge in [0.15, 0.2) is 0 Å². The van der Waals surface area contributed by atoms with E-state index in [1.54, 1.807) is 13.1 Å². The van der Waals surface area contributed by atoms with Crippen LogP contribution in [-0.4, -0.2) is 9.81 Å². The highest BCUT2D eigenvalue weighted by molar-refractivity contribution is 6.67. The first-order chi connectivity index (χ1) is 8.91. The molecule has 1 aromatic carbocycles. The molecule has 1 aromatic heterocycles. The van der Waals surface area contributed by atoms with E-state index in [0.29, 0.717) is 0 Å². The molecule has 19 heavy (non-hydrogen) atoms. The van der Waals surface area contributed by atoms with E-state index in [4.69, 9.17) is 11.6 Å². The number of carbonyl (C=O) groups excluding carboxylic acids is 1. The van der Waals surface area contributed by atoms with Crippen LogP contribution < -0.4 is 5.56 Å². The molecule has 0 unspecified atom stereocenters. The number of carbonyl (C=O) groups is 1. The van der Waals surface area contributed by atoms with E-state index < -0.39 is 5.24 Å². The zero-order valence-electron chi connectivity index (χ0n) is 11.0. The number of benzene rings is 1. The SMILES string of the molecule is Cc1ccc(-c2ccc(C(=O)Cl)c(=O)n2C)c(C)c1. The fraction of sp³-hybridized carbons (Fsp3) is 0.200. The van der Waals surface area contributed by atoms with Gasteiger partial charge in [0.2, 0.25) is 0 Å². The minimum atomic E-state index is -0.729. The zero-order valence-corrected chi connectivity index (χ0v) is 11.8. The van der Waals surface area contributed by atoms with Gasteiger partial charge in [-0.3, -0.25) is 9.59 Å². The molecular formula is C15H14ClNO2. The van der Waals surface area contributed by atoms with Gasteiger partial charge in [0, 0.05) is 12.6 Å². The first-order valence-electron chi connectivity index (χ1n) is 5.89. The first kappa shape index (κ1) is 13.6. The average molecular weight is 276 g/mol. The van der Waals surface area contributed by atoms with Crippen molar-refractivity contribution in [2.24, 2.45) is 7.05 Å². The minimum absolute atomic E-state index is 0.00215. The predicted molar refractivity (Wildman–Crippen MR) is 76.8 cm³/mol. The van der Waals surface area contributed by atoms with Gasteiger partial charge in [-0.2, -0.15) is 0 Å². The first-order valence-corrected chi connectivity index (χ1v) is 6.27. The van der Waals surface area contributed by atoms with Crippen molar-refractivity contribution in [1.82, 2.24) is 4.57 Å². The van der Waals surface area contributed by atoms with E-state index in [1.165, 1.54) is 16.2 Å². The van der Waals surface area contributed by atoms with Gasteiger partial charge < -0.3 is 4.57 Å². The number of hydrogen-bond acceptors (Lipinski definition) is 2. The Bertz CT molecular complexity index is 717. The Balaban J connectivity index is 2.68. The van der Waals surface area contributed by atoms with Crippen molar-refractivity contribution in [2.75, 3.05) is 0 Å². The standard InChI is InChI=1S/C15H14ClNO2/c1-9-4-5-11(10(2)8-9)13-7-6-12(14(16)18)15(19)17(13)3/h4-8H,1-3H3. The maximum Gasteiger partial charge on any atom is 0.262 e. The lowest BCUT2D eigenvalue weighted by molar-refractivity contribution is 0.107. The summed E-state index contributed by atoms with van der Waals surface area (Å²) in [6.07, 6.45) is 0. The van der Waals surface area contributed by atoms with E-state index in [2.05, 4.69) is 6.07 Å². The van der Waals surface area contributed by atoms with Gasteiger partial charge in [0.1, 0.15) is 0 Å². The molecule has 0 aliphatic heterocycles. The lowest BCUT2D eigenvalue weighted by atomic mass is 10.0. The van der Waals surface area contributed by atoms with Crippen LogP contribution in [0.15, 0.2) is 35.1 Å². The molecule has 0 amide bonds. The molecule has 0 saturated heterocycles. The third kappa shape index (κ3) is 2.47. The summed E-state index contributed by atoms with van der Waals surface area (Å²) in [5, 5.41) is -0.729. The Kier molecular flexibility index (Phi) is 3.58. The Labute approximate surface area is 116 Å². The fourth-order valence-electron chi connectivity index (χ4n) is 2.16. The second-order valence-electron chi connectivity index (χ2n) is 4.59. The third-order valence-corrected chi connectivity index (χ3v) is 3.38. The summed E-state index contributed by atoms with van der Waals surface area (Å²) >= 11 is 5.38. The number of rotatable bonds is 2. The van der Waals surface area contributed by atoms with Crippen LogP contribution in [0.2, 0.25) is 0 Å². The van der Waals surface area contributed by atoms with Crippen LogP contribution in [0, 0.1) is 13.8 Å². The molecule has 2 rings (SSSR count). The molecule has 0 fully saturated rings. The van der Waals surface area contributed by atoms with Crippen LogP contribution in [-0.2, 0) is 7.05 Å². The summed E-state index contributed by atoms with van der Waals surface area (Å²) in [6.45, 7) is 4.01. The Morgan fingerprint density at radius 3 is 2.42 bits per heavy atom. The van der Waals surface area contributed by atoms with Crippen molar-refractivity contribution in [2.45, 2.75) is 13.8 Å². The number of pyridine rings is 1. The van der Waals surface area contributed by atoms with Gasteiger partial charge in [-0.05, 0) is 43.1 Å². The molecule has 2 aromatic rings. The lowest BCUT2D eigenvalue weighted by Crippen LogP contribution is -2.23. The van der Waals surface area contributed by atoms with E-state index in [1.807, 2.05) is 26.0 Å². The van der Waals surface area contributed by atoms with E-state index in [-0.39, 0.29) is 11.1 Å². The number of aromatic nitrogens is 1. The van der Waals surface area contributed by atoms with E-state index >= 15 is 0 Å². The maximum absolute atomic E-state index is 12.0. The van der Waals surface area contributed by atoms with Crippen LogP contribution >= 0.6 is 11.6 Å². The summed E-state index contributed by atoms with van der Waals surface area (Å²) in [5.74, 6) is 0. The number of hydrogen-bond donors (Lipinski definition) is 0. The van der Waals surface area contributed by atoms with Gasteiger partial charge in [0.05, 0.1) is 11.3 Å². The Hall–Kier alpha value is -1.87. The topological polar surface area (TPSA) is 39.1 Å². The molecule has 0 aliphatic carbocycles. The molecule has 4 heteroatoms. The highest BCUT2D eigenvalue weighted by Crippen LogP contribution is 2.23. The molecule has 98 valence electrons. The molecule has 0 saturated carbocycles. The van der Waals surface area contributed by atoms with Crippen molar-refractivity contribution in [3.8, 4) is 11.3 Å². The summed E-state index contributed by atoms with van der Waals surface area (Å²) in [6, 6.07) is 9.25. The van der Waals surface area contributed by atoms with Crippen molar-refractivity contribution in [3.63, 3.8) is 0 Å². The average Bonchev–Trinajstić information content (AvgIpc) is 2.33. The Morgan fingerprint density at radius 2 is 1.84 bits per heavy atom. The van der Waals surface area contributed by atoms with Gasteiger partial charge in [-0.25, -0.2) is 0 Å². The van der Waals surface area contributed by atoms with Crippen LogP contribution in [0.4, 0.5) is 0 Å². The number of aryl methyl sites for hydroxylation is 2. The molecule has 0 aliphatic rings.